The van der Waals surface area contributed by atoms with Crippen LogP contribution < -0.4 is 11.1 Å². The number of nitrogens with two attached hydrogens (primary N) is 1. The number of nitrogens with one attached hydrogen (secondary N) is 1. The van der Waals surface area contributed by atoms with Crippen LogP contribution >= 0.6 is 11.3 Å². The van der Waals surface area contributed by atoms with Crippen LogP contribution in [0, 0.1) is 6.92 Å². The predicted octanol–water partition coefficient (Wildman–Crippen LogP) is 0.947. The summed E-state index contributed by atoms with van der Waals surface area (Å²) in [5, 5.41) is 6.66. The highest BCUT2D eigenvalue weighted by Gasteiger charge is 2.03. The second-order valence-electron chi connectivity index (χ2n) is 3.76. The lowest BCUT2D eigenvalue weighted by Gasteiger charge is -2.12. The van der Waals surface area contributed by atoms with E-state index in [0.29, 0.717) is 6.54 Å². The van der Waals surface area contributed by atoms with Crippen LogP contribution in [-0.2, 0) is 11.2 Å². The number of hydrogen-bond acceptors (Lipinski definition) is 5. The Bertz CT molecular complexity index is 287. The number of methoxy groups -OCH3 is 1. The molecule has 0 aliphatic rings. The summed E-state index contributed by atoms with van der Waals surface area (Å²) in [4.78, 5) is 4.41. The zero-order valence-corrected chi connectivity index (χ0v) is 10.8. The van der Waals surface area contributed by atoms with Crippen LogP contribution in [0.2, 0.25) is 0 Å². The minimum atomic E-state index is 0.176. The number of aromatic nitrogens is 1. The first kappa shape index (κ1) is 13.6. The number of nitrogens with zero attached hydrogens (tertiary/aromatic N) is 1. The van der Waals surface area contributed by atoms with E-state index in [-0.39, 0.29) is 6.10 Å². The number of rotatable bonds is 8. The van der Waals surface area contributed by atoms with E-state index in [9.17, 15) is 0 Å². The third-order valence-electron chi connectivity index (χ3n) is 2.42. The molecule has 1 atom stereocenters. The van der Waals surface area contributed by atoms with E-state index in [4.69, 9.17) is 10.5 Å². The van der Waals surface area contributed by atoms with Gasteiger partial charge in [0.15, 0.2) is 0 Å². The maximum Gasteiger partial charge on any atom is 0.0940 e. The Morgan fingerprint density at radius 2 is 2.38 bits per heavy atom. The molecule has 0 amide bonds. The van der Waals surface area contributed by atoms with Crippen LogP contribution in [0.25, 0.3) is 0 Å². The first-order chi connectivity index (χ1) is 7.76. The second-order valence-corrected chi connectivity index (χ2v) is 4.71. The molecule has 4 nitrogen and oxygen atoms in total. The number of hydrogen-bond donors (Lipinski definition) is 2. The van der Waals surface area contributed by atoms with Crippen molar-refractivity contribution in [3.63, 3.8) is 0 Å². The van der Waals surface area contributed by atoms with Crippen LogP contribution in [-0.4, -0.2) is 37.8 Å². The third kappa shape index (κ3) is 5.03. The summed E-state index contributed by atoms with van der Waals surface area (Å²) < 4.78 is 5.19. The summed E-state index contributed by atoms with van der Waals surface area (Å²) in [6, 6.07) is 0. The topological polar surface area (TPSA) is 60.2 Å². The first-order valence-corrected chi connectivity index (χ1v) is 6.48. The van der Waals surface area contributed by atoms with Gasteiger partial charge in [0, 0.05) is 37.7 Å². The Hall–Kier alpha value is -0.490. The summed E-state index contributed by atoms with van der Waals surface area (Å²) in [6.07, 6.45) is 2.14. The minimum absolute atomic E-state index is 0.176. The van der Waals surface area contributed by atoms with Crippen molar-refractivity contribution < 1.29 is 4.74 Å². The predicted molar refractivity (Wildman–Crippen MR) is 67.9 cm³/mol. The third-order valence-corrected chi connectivity index (χ3v) is 3.45. The van der Waals surface area contributed by atoms with Crippen molar-refractivity contribution in [3.8, 4) is 0 Å². The van der Waals surface area contributed by atoms with E-state index in [1.165, 1.54) is 5.01 Å². The second kappa shape index (κ2) is 7.73. The fraction of sp³-hybridized carbons (Fsp3) is 0.727. The van der Waals surface area contributed by atoms with Crippen molar-refractivity contribution in [2.45, 2.75) is 25.9 Å². The van der Waals surface area contributed by atoms with Gasteiger partial charge in [-0.3, -0.25) is 0 Å². The molecular formula is C11H21N3OS. The van der Waals surface area contributed by atoms with Crippen molar-refractivity contribution in [3.05, 3.63) is 16.1 Å². The molecule has 0 aromatic carbocycles. The zero-order valence-electron chi connectivity index (χ0n) is 10.0. The molecule has 3 N–H and O–H groups in total. The van der Waals surface area contributed by atoms with Crippen LogP contribution in [0.4, 0.5) is 0 Å². The van der Waals surface area contributed by atoms with Crippen LogP contribution in [0.3, 0.4) is 0 Å². The standard InChI is InChI=1S/C11H21N3OS/c1-9-8-16-11(14-9)4-6-13-5-3-10(7-12)15-2/h8,10,13H,3-7,12H2,1-2H3. The molecule has 1 heterocycles. The van der Waals surface area contributed by atoms with Gasteiger partial charge in [-0.15, -0.1) is 11.3 Å². The van der Waals surface area contributed by atoms with Crippen molar-refractivity contribution in [2.24, 2.45) is 5.73 Å². The molecule has 1 aromatic heterocycles. The molecule has 0 bridgehead atoms. The van der Waals surface area contributed by atoms with Gasteiger partial charge in [0.2, 0.25) is 0 Å². The molecule has 0 saturated heterocycles. The lowest BCUT2D eigenvalue weighted by molar-refractivity contribution is 0.102. The normalized spacial score (nSPS) is 12.9. The SMILES string of the molecule is COC(CN)CCNCCc1nc(C)cs1. The number of thiazole rings is 1. The van der Waals surface area contributed by atoms with E-state index >= 15 is 0 Å². The van der Waals surface area contributed by atoms with Gasteiger partial charge in [-0.1, -0.05) is 0 Å². The average molecular weight is 243 g/mol. The van der Waals surface area contributed by atoms with E-state index < -0.39 is 0 Å². The minimum Gasteiger partial charge on any atom is -0.380 e. The maximum atomic E-state index is 5.53. The van der Waals surface area contributed by atoms with E-state index in [2.05, 4.69) is 15.7 Å². The van der Waals surface area contributed by atoms with Gasteiger partial charge in [-0.2, -0.15) is 0 Å². The van der Waals surface area contributed by atoms with Gasteiger partial charge in [-0.25, -0.2) is 4.98 Å². The molecular weight excluding hydrogens is 222 g/mol. The molecule has 1 unspecified atom stereocenters. The lowest BCUT2D eigenvalue weighted by Crippen LogP contribution is -2.28. The molecule has 1 aromatic rings. The van der Waals surface area contributed by atoms with Gasteiger partial charge in [0.1, 0.15) is 0 Å². The zero-order chi connectivity index (χ0) is 11.8. The quantitative estimate of drug-likeness (QED) is 0.667. The Morgan fingerprint density at radius 1 is 1.56 bits per heavy atom. The van der Waals surface area contributed by atoms with Crippen LogP contribution in [0.15, 0.2) is 5.38 Å². The monoisotopic (exact) mass is 243 g/mol. The summed E-state index contributed by atoms with van der Waals surface area (Å²) >= 11 is 1.73. The molecule has 92 valence electrons. The van der Waals surface area contributed by atoms with Crippen molar-refractivity contribution in [2.75, 3.05) is 26.7 Å². The Morgan fingerprint density at radius 3 is 2.94 bits per heavy atom. The molecule has 16 heavy (non-hydrogen) atoms. The van der Waals surface area contributed by atoms with Gasteiger partial charge in [0.05, 0.1) is 11.1 Å². The average Bonchev–Trinajstić information content (AvgIpc) is 2.70. The van der Waals surface area contributed by atoms with Crippen LogP contribution in [0.1, 0.15) is 17.1 Å². The van der Waals surface area contributed by atoms with Crippen molar-refractivity contribution in [1.29, 1.82) is 0 Å². The van der Waals surface area contributed by atoms with Crippen molar-refractivity contribution in [1.82, 2.24) is 10.3 Å². The molecule has 5 heteroatoms. The number of ether oxygens (including phenoxy) is 1. The highest BCUT2D eigenvalue weighted by molar-refractivity contribution is 7.09. The highest BCUT2D eigenvalue weighted by atomic mass is 32.1. The van der Waals surface area contributed by atoms with Gasteiger partial charge < -0.3 is 15.8 Å². The maximum absolute atomic E-state index is 5.53. The van der Waals surface area contributed by atoms with Gasteiger partial charge in [-0.05, 0) is 19.9 Å². The Labute approximate surface area is 101 Å². The molecule has 0 fully saturated rings. The van der Waals surface area contributed by atoms with E-state index in [0.717, 1.165) is 31.6 Å². The smallest absolute Gasteiger partial charge is 0.0940 e. The summed E-state index contributed by atoms with van der Waals surface area (Å²) in [6.45, 7) is 4.52. The largest absolute Gasteiger partial charge is 0.380 e. The number of aryl methyl sites for hydroxylation is 1. The fourth-order valence-corrected chi connectivity index (χ4v) is 2.21. The summed E-state index contributed by atoms with van der Waals surface area (Å²) in [7, 11) is 1.70. The molecule has 0 radical (unpaired) electrons. The molecule has 0 spiro atoms. The Balaban J connectivity index is 2.04. The first-order valence-electron chi connectivity index (χ1n) is 5.61. The van der Waals surface area contributed by atoms with Crippen LogP contribution in [0.5, 0.6) is 0 Å². The molecule has 0 aliphatic heterocycles. The van der Waals surface area contributed by atoms with Gasteiger partial charge >= 0.3 is 0 Å². The van der Waals surface area contributed by atoms with E-state index in [1.54, 1.807) is 18.4 Å². The highest BCUT2D eigenvalue weighted by Crippen LogP contribution is 2.08. The summed E-state index contributed by atoms with van der Waals surface area (Å²) in [5.41, 5.74) is 6.64. The fourth-order valence-electron chi connectivity index (χ4n) is 1.43. The van der Waals surface area contributed by atoms with Crippen molar-refractivity contribution >= 4 is 11.3 Å². The van der Waals surface area contributed by atoms with Gasteiger partial charge in [0.25, 0.3) is 0 Å². The van der Waals surface area contributed by atoms with E-state index in [1.807, 2.05) is 6.92 Å². The Kier molecular flexibility index (Phi) is 6.56. The molecule has 1 rings (SSSR count). The molecule has 0 saturated carbocycles. The lowest BCUT2D eigenvalue weighted by atomic mass is 10.2. The summed E-state index contributed by atoms with van der Waals surface area (Å²) in [5.74, 6) is 0. The molecule has 0 aliphatic carbocycles.